The number of ether oxygens (including phenoxy) is 1. The molecule has 3 aromatic rings. The summed E-state index contributed by atoms with van der Waals surface area (Å²) in [5.41, 5.74) is 5.83. The van der Waals surface area contributed by atoms with E-state index >= 15 is 0 Å². The molecule has 0 radical (unpaired) electrons. The summed E-state index contributed by atoms with van der Waals surface area (Å²) < 4.78 is 4.79. The Morgan fingerprint density at radius 2 is 1.39 bits per heavy atom. The van der Waals surface area contributed by atoms with Gasteiger partial charge in [-0.15, -0.1) is 0 Å². The van der Waals surface area contributed by atoms with Gasteiger partial charge in [-0.05, 0) is 59.9 Å². The Hall–Kier alpha value is -3.93. The highest BCUT2D eigenvalue weighted by molar-refractivity contribution is 5.98. The average molecular weight is 417 g/mol. The summed E-state index contributed by atoms with van der Waals surface area (Å²) in [5.74, 6) is -1.39. The Balaban J connectivity index is 1.73. The van der Waals surface area contributed by atoms with Gasteiger partial charge in [0.1, 0.15) is 0 Å². The number of aromatic carboxylic acids is 1. The average Bonchev–Trinajstić information content (AvgIpc) is 2.79. The second kappa shape index (κ2) is 10.2. The first-order valence-corrected chi connectivity index (χ1v) is 9.84. The predicted octanol–water partition coefficient (Wildman–Crippen LogP) is 5.02. The number of carboxylic acids is 1. The fraction of sp³-hybridized carbons (Fsp3) is 0.160. The second-order valence-electron chi connectivity index (χ2n) is 6.80. The molecule has 0 amide bonds. The Bertz CT molecular complexity index is 1090. The van der Waals surface area contributed by atoms with Crippen LogP contribution < -0.4 is 0 Å². The van der Waals surface area contributed by atoms with Crippen molar-refractivity contribution in [3.8, 4) is 22.3 Å². The molecule has 0 aromatic heterocycles. The predicted molar refractivity (Wildman–Crippen MR) is 119 cm³/mol. The number of oxime groups is 1. The summed E-state index contributed by atoms with van der Waals surface area (Å²) in [4.78, 5) is 27.4. The van der Waals surface area contributed by atoms with Crippen molar-refractivity contribution in [3.05, 3.63) is 83.9 Å². The van der Waals surface area contributed by atoms with Gasteiger partial charge < -0.3 is 14.7 Å². The van der Waals surface area contributed by atoms with Crippen LogP contribution in [0.1, 0.15) is 29.8 Å². The lowest BCUT2D eigenvalue weighted by Crippen LogP contribution is -2.11. The highest BCUT2D eigenvalue weighted by atomic mass is 16.7. The zero-order chi connectivity index (χ0) is 22.2. The molecule has 0 aliphatic rings. The number of benzene rings is 3. The molecule has 6 heteroatoms. The molecule has 158 valence electrons. The van der Waals surface area contributed by atoms with E-state index in [1.807, 2.05) is 61.5 Å². The summed E-state index contributed by atoms with van der Waals surface area (Å²) in [6.07, 6.45) is 0. The van der Waals surface area contributed by atoms with Gasteiger partial charge in [0.05, 0.1) is 17.9 Å². The van der Waals surface area contributed by atoms with Crippen LogP contribution in [-0.4, -0.2) is 36.0 Å². The molecule has 0 saturated heterocycles. The number of rotatable bonds is 8. The van der Waals surface area contributed by atoms with E-state index in [-0.39, 0.29) is 12.2 Å². The first-order chi connectivity index (χ1) is 15.0. The maximum Gasteiger partial charge on any atom is 0.347 e. The standard InChI is InChI=1S/C25H23NO5/c1-3-30-24(27)16-31-26-17(2)18-7-9-19(10-8-18)22-5-4-6-23(15-22)20-11-13-21(14-12-20)25(28)29/h4-15H,3,16H2,1-2H3,(H,28,29). The van der Waals surface area contributed by atoms with Crippen LogP contribution in [0.5, 0.6) is 0 Å². The first kappa shape index (κ1) is 21.8. The van der Waals surface area contributed by atoms with Crippen LogP contribution in [0.25, 0.3) is 22.3 Å². The van der Waals surface area contributed by atoms with E-state index in [0.717, 1.165) is 27.8 Å². The van der Waals surface area contributed by atoms with Crippen LogP contribution in [0.15, 0.2) is 78.0 Å². The van der Waals surface area contributed by atoms with Gasteiger partial charge >= 0.3 is 11.9 Å². The van der Waals surface area contributed by atoms with Crippen LogP contribution in [0.4, 0.5) is 0 Å². The van der Waals surface area contributed by atoms with Crippen molar-refractivity contribution in [1.29, 1.82) is 0 Å². The van der Waals surface area contributed by atoms with Gasteiger partial charge in [0.25, 0.3) is 0 Å². The molecule has 3 rings (SSSR count). The lowest BCUT2D eigenvalue weighted by Gasteiger charge is -2.08. The Morgan fingerprint density at radius 1 is 0.839 bits per heavy atom. The van der Waals surface area contributed by atoms with Gasteiger partial charge in [-0.2, -0.15) is 0 Å². The summed E-state index contributed by atoms with van der Waals surface area (Å²) in [7, 11) is 0. The molecular formula is C25H23NO5. The number of carboxylic acid groups (broad SMARTS) is 1. The van der Waals surface area contributed by atoms with Crippen molar-refractivity contribution in [2.45, 2.75) is 13.8 Å². The van der Waals surface area contributed by atoms with Crippen molar-refractivity contribution < 1.29 is 24.3 Å². The smallest absolute Gasteiger partial charge is 0.347 e. The summed E-state index contributed by atoms with van der Waals surface area (Å²) in [6, 6.07) is 22.7. The number of esters is 1. The molecule has 0 unspecified atom stereocenters. The number of carbonyl (C=O) groups excluding carboxylic acids is 1. The number of nitrogens with zero attached hydrogens (tertiary/aromatic N) is 1. The molecule has 0 atom stereocenters. The third-order valence-corrected chi connectivity index (χ3v) is 4.65. The normalized spacial score (nSPS) is 11.1. The quantitative estimate of drug-likeness (QED) is 0.316. The highest BCUT2D eigenvalue weighted by Crippen LogP contribution is 2.27. The van der Waals surface area contributed by atoms with Crippen LogP contribution in [0.2, 0.25) is 0 Å². The van der Waals surface area contributed by atoms with Crippen LogP contribution in [-0.2, 0) is 14.4 Å². The maximum absolute atomic E-state index is 11.3. The van der Waals surface area contributed by atoms with Gasteiger partial charge in [-0.1, -0.05) is 59.8 Å². The molecule has 0 fully saturated rings. The van der Waals surface area contributed by atoms with Gasteiger partial charge in [0.15, 0.2) is 0 Å². The minimum atomic E-state index is -0.939. The van der Waals surface area contributed by atoms with Crippen LogP contribution >= 0.6 is 0 Å². The van der Waals surface area contributed by atoms with Crippen LogP contribution in [0.3, 0.4) is 0 Å². The van der Waals surface area contributed by atoms with E-state index in [9.17, 15) is 9.59 Å². The van der Waals surface area contributed by atoms with E-state index in [0.29, 0.717) is 12.3 Å². The third-order valence-electron chi connectivity index (χ3n) is 4.65. The summed E-state index contributed by atoms with van der Waals surface area (Å²) in [5, 5.41) is 13.0. The molecule has 6 nitrogen and oxygen atoms in total. The number of carbonyl (C=O) groups is 2. The summed E-state index contributed by atoms with van der Waals surface area (Å²) in [6.45, 7) is 3.63. The molecule has 3 aromatic carbocycles. The molecule has 0 heterocycles. The fourth-order valence-corrected chi connectivity index (χ4v) is 3.02. The molecule has 0 saturated carbocycles. The minimum absolute atomic E-state index is 0.219. The van der Waals surface area contributed by atoms with Crippen molar-refractivity contribution in [2.24, 2.45) is 5.16 Å². The number of hydrogen-bond donors (Lipinski definition) is 1. The topological polar surface area (TPSA) is 85.2 Å². The maximum atomic E-state index is 11.3. The van der Waals surface area contributed by atoms with Gasteiger partial charge in [0.2, 0.25) is 6.61 Å². The number of hydrogen-bond acceptors (Lipinski definition) is 5. The molecule has 1 N–H and O–H groups in total. The van der Waals surface area contributed by atoms with E-state index in [2.05, 4.69) is 11.2 Å². The zero-order valence-corrected chi connectivity index (χ0v) is 17.4. The second-order valence-corrected chi connectivity index (χ2v) is 6.80. The highest BCUT2D eigenvalue weighted by Gasteiger charge is 2.06. The molecule has 31 heavy (non-hydrogen) atoms. The first-order valence-electron chi connectivity index (χ1n) is 9.84. The third kappa shape index (κ3) is 5.79. The monoisotopic (exact) mass is 417 g/mol. The van der Waals surface area contributed by atoms with Crippen molar-refractivity contribution >= 4 is 17.7 Å². The van der Waals surface area contributed by atoms with E-state index in [1.165, 1.54) is 0 Å². The lowest BCUT2D eigenvalue weighted by atomic mass is 9.97. The minimum Gasteiger partial charge on any atom is -0.478 e. The fourth-order valence-electron chi connectivity index (χ4n) is 3.02. The van der Waals surface area contributed by atoms with Crippen molar-refractivity contribution in [2.75, 3.05) is 13.2 Å². The zero-order valence-electron chi connectivity index (χ0n) is 17.4. The van der Waals surface area contributed by atoms with Gasteiger partial charge in [0, 0.05) is 0 Å². The molecule has 0 spiro atoms. The van der Waals surface area contributed by atoms with E-state index < -0.39 is 11.9 Å². The van der Waals surface area contributed by atoms with Gasteiger partial charge in [-0.25, -0.2) is 9.59 Å². The van der Waals surface area contributed by atoms with E-state index in [4.69, 9.17) is 14.7 Å². The lowest BCUT2D eigenvalue weighted by molar-refractivity contribution is -0.148. The van der Waals surface area contributed by atoms with E-state index in [1.54, 1.807) is 19.1 Å². The van der Waals surface area contributed by atoms with Crippen molar-refractivity contribution in [1.82, 2.24) is 0 Å². The SMILES string of the molecule is CCOC(=O)CON=C(C)c1ccc(-c2cccc(-c3ccc(C(=O)O)cc3)c2)cc1. The molecular weight excluding hydrogens is 394 g/mol. The molecule has 0 aliphatic heterocycles. The Kier molecular flexibility index (Phi) is 7.17. The van der Waals surface area contributed by atoms with Crippen molar-refractivity contribution in [3.63, 3.8) is 0 Å². The van der Waals surface area contributed by atoms with Crippen LogP contribution in [0, 0.1) is 0 Å². The largest absolute Gasteiger partial charge is 0.478 e. The Morgan fingerprint density at radius 3 is 1.90 bits per heavy atom. The summed E-state index contributed by atoms with van der Waals surface area (Å²) >= 11 is 0. The Labute approximate surface area is 180 Å². The molecule has 0 aliphatic carbocycles. The molecule has 0 bridgehead atoms. The van der Waals surface area contributed by atoms with Gasteiger partial charge in [-0.3, -0.25) is 0 Å².